The fourth-order valence-electron chi connectivity index (χ4n) is 4.44. The fourth-order valence-corrected chi connectivity index (χ4v) is 5.32. The van der Waals surface area contributed by atoms with Crippen LogP contribution in [-0.4, -0.2) is 78.6 Å². The van der Waals surface area contributed by atoms with Crippen LogP contribution in [0.15, 0.2) is 34.2 Å². The molecule has 0 spiro atoms. The number of aromatic amines is 2. The fraction of sp³-hybridized carbons (Fsp3) is 0.400. The van der Waals surface area contributed by atoms with Gasteiger partial charge < -0.3 is 20.3 Å². The summed E-state index contributed by atoms with van der Waals surface area (Å²) in [4.78, 5) is 41.9. The van der Waals surface area contributed by atoms with Crippen LogP contribution in [-0.2, 0) is 0 Å². The van der Waals surface area contributed by atoms with E-state index < -0.39 is 11.6 Å². The molecule has 1 aliphatic heterocycles. The van der Waals surface area contributed by atoms with Gasteiger partial charge in [-0.1, -0.05) is 0 Å². The largest absolute Gasteiger partial charge is 0.493 e. The van der Waals surface area contributed by atoms with Crippen molar-refractivity contribution >= 4 is 29.0 Å². The number of hydrogen-bond donors (Lipinski definition) is 4. The molecule has 5 heterocycles. The minimum Gasteiger partial charge on any atom is -0.493 e. The molecule has 0 unspecified atom stereocenters. The third kappa shape index (κ3) is 5.61. The first-order valence-electron chi connectivity index (χ1n) is 12.7. The van der Waals surface area contributed by atoms with Gasteiger partial charge in [0.25, 0.3) is 11.8 Å². The van der Waals surface area contributed by atoms with Gasteiger partial charge in [-0.3, -0.25) is 14.8 Å². The number of H-pyrrole nitrogens is 2. The molecular formula is C25H26F2N8O3S. The van der Waals surface area contributed by atoms with E-state index in [0.29, 0.717) is 53.1 Å². The van der Waals surface area contributed by atoms with E-state index >= 15 is 0 Å². The SMILES string of the molecule is O=C(NCCN1CCC(F)(F)CC1)c1ccc(-c2cc(=NC3CC3)n3nc/c(=C/c4[nH]c(=O)[nH]c4O)c3n2)s1. The average Bonchev–Trinajstić information content (AvgIpc) is 3.27. The minimum absolute atomic E-state index is 0.150. The second-order valence-corrected chi connectivity index (χ2v) is 10.9. The van der Waals surface area contributed by atoms with E-state index in [4.69, 9.17) is 9.98 Å². The maximum Gasteiger partial charge on any atom is 0.326 e. The Morgan fingerprint density at radius 3 is 2.79 bits per heavy atom. The van der Waals surface area contributed by atoms with Crippen molar-refractivity contribution in [2.75, 3.05) is 26.2 Å². The molecule has 1 aliphatic carbocycles. The molecule has 0 atom stereocenters. The Kier molecular flexibility index (Phi) is 6.51. The summed E-state index contributed by atoms with van der Waals surface area (Å²) in [6.45, 7) is 1.53. The van der Waals surface area contributed by atoms with Gasteiger partial charge in [0.1, 0.15) is 5.69 Å². The predicted molar refractivity (Wildman–Crippen MR) is 140 cm³/mol. The van der Waals surface area contributed by atoms with Crippen LogP contribution in [0.25, 0.3) is 22.3 Å². The monoisotopic (exact) mass is 556 g/mol. The second kappa shape index (κ2) is 10.0. The zero-order valence-electron chi connectivity index (χ0n) is 20.8. The molecule has 4 aromatic rings. The van der Waals surface area contributed by atoms with Gasteiger partial charge in [0, 0.05) is 50.3 Å². The minimum atomic E-state index is -2.59. The number of halogens is 2. The Morgan fingerprint density at radius 2 is 2.08 bits per heavy atom. The lowest BCUT2D eigenvalue weighted by Crippen LogP contribution is -2.42. The van der Waals surface area contributed by atoms with Crippen LogP contribution in [0, 0.1) is 0 Å². The van der Waals surface area contributed by atoms with E-state index in [9.17, 15) is 23.5 Å². The summed E-state index contributed by atoms with van der Waals surface area (Å²) >= 11 is 1.29. The van der Waals surface area contributed by atoms with Crippen molar-refractivity contribution in [1.82, 2.24) is 34.8 Å². The predicted octanol–water partition coefficient (Wildman–Crippen LogP) is 1.25. The van der Waals surface area contributed by atoms with Crippen molar-refractivity contribution in [1.29, 1.82) is 0 Å². The molecular weight excluding hydrogens is 530 g/mol. The van der Waals surface area contributed by atoms with E-state index in [0.717, 1.165) is 17.7 Å². The summed E-state index contributed by atoms with van der Waals surface area (Å²) in [5.74, 6) is -3.11. The number of alkyl halides is 2. The highest BCUT2D eigenvalue weighted by Crippen LogP contribution is 2.28. The van der Waals surface area contributed by atoms with Gasteiger partial charge in [0.05, 0.1) is 27.7 Å². The summed E-state index contributed by atoms with van der Waals surface area (Å²) in [5, 5.41) is 17.8. The molecule has 39 heavy (non-hydrogen) atoms. The molecule has 4 aromatic heterocycles. The first kappa shape index (κ1) is 25.4. The number of imidazole rings is 1. The van der Waals surface area contributed by atoms with Crippen LogP contribution in [0.2, 0.25) is 0 Å². The van der Waals surface area contributed by atoms with E-state index in [1.165, 1.54) is 11.3 Å². The molecule has 0 radical (unpaired) electrons. The van der Waals surface area contributed by atoms with Crippen molar-refractivity contribution in [3.63, 3.8) is 0 Å². The zero-order chi connectivity index (χ0) is 27.1. The molecule has 11 nitrogen and oxygen atoms in total. The standard InChI is InChI=1S/C25H26F2N8O3S/c26-25(27)5-8-34(9-6-25)10-7-28-23(37)19-4-3-18(39-19)16-12-20(30-15-1-2-15)35-21(31-16)14(13-29-35)11-17-22(36)33-24(38)32-17/h3-4,11-13,15,36H,1-2,5-10H2,(H,28,37)(H2,32,33,38)/b14-11-,30-20?. The normalized spacial score (nSPS) is 18.7. The molecule has 2 fully saturated rings. The number of nitrogens with one attached hydrogen (secondary N) is 3. The molecule has 1 saturated carbocycles. The van der Waals surface area contributed by atoms with Crippen LogP contribution in [0.4, 0.5) is 8.78 Å². The lowest BCUT2D eigenvalue weighted by Gasteiger charge is -2.31. The second-order valence-electron chi connectivity index (χ2n) is 9.80. The number of aromatic nitrogens is 5. The lowest BCUT2D eigenvalue weighted by molar-refractivity contribution is -0.0547. The van der Waals surface area contributed by atoms with Gasteiger partial charge >= 0.3 is 5.69 Å². The van der Waals surface area contributed by atoms with Gasteiger partial charge in [-0.15, -0.1) is 11.3 Å². The number of thiophene rings is 1. The molecule has 204 valence electrons. The van der Waals surface area contributed by atoms with Gasteiger partial charge in [0.15, 0.2) is 11.1 Å². The highest BCUT2D eigenvalue weighted by molar-refractivity contribution is 7.17. The zero-order valence-corrected chi connectivity index (χ0v) is 21.6. The maximum atomic E-state index is 13.4. The third-order valence-electron chi connectivity index (χ3n) is 6.76. The van der Waals surface area contributed by atoms with Crippen LogP contribution in [0.1, 0.15) is 41.0 Å². The summed E-state index contributed by atoms with van der Waals surface area (Å²) in [5.41, 5.74) is 1.39. The Balaban J connectivity index is 1.24. The summed E-state index contributed by atoms with van der Waals surface area (Å²) in [6.07, 6.45) is 4.86. The molecule has 14 heteroatoms. The number of nitrogens with zero attached hydrogens (tertiary/aromatic N) is 5. The number of piperidine rings is 1. The topological polar surface area (TPSA) is 144 Å². The van der Waals surface area contributed by atoms with Crippen molar-refractivity contribution in [3.8, 4) is 16.5 Å². The quantitative estimate of drug-likeness (QED) is 0.270. The summed E-state index contributed by atoms with van der Waals surface area (Å²) in [6, 6.07) is 5.60. The number of carbonyl (C=O) groups is 1. The maximum absolute atomic E-state index is 13.4. The molecule has 6 rings (SSSR count). The number of carbonyl (C=O) groups excluding carboxylic acids is 1. The van der Waals surface area contributed by atoms with E-state index in [2.05, 4.69) is 20.4 Å². The lowest BCUT2D eigenvalue weighted by atomic mass is 10.1. The Labute approximate surface area is 223 Å². The van der Waals surface area contributed by atoms with Crippen molar-refractivity contribution in [3.05, 3.63) is 56.2 Å². The number of hydrogen-bond acceptors (Lipinski definition) is 8. The van der Waals surface area contributed by atoms with E-state index in [1.807, 2.05) is 17.0 Å². The van der Waals surface area contributed by atoms with Gasteiger partial charge in [-0.05, 0) is 31.1 Å². The van der Waals surface area contributed by atoms with Gasteiger partial charge in [-0.2, -0.15) is 9.61 Å². The van der Waals surface area contributed by atoms with E-state index in [-0.39, 0.29) is 36.4 Å². The number of amides is 1. The van der Waals surface area contributed by atoms with Crippen LogP contribution in [0.5, 0.6) is 5.88 Å². The third-order valence-corrected chi connectivity index (χ3v) is 7.87. The average molecular weight is 557 g/mol. The van der Waals surface area contributed by atoms with Crippen LogP contribution >= 0.6 is 11.3 Å². The van der Waals surface area contributed by atoms with Crippen molar-refractivity contribution in [2.24, 2.45) is 4.99 Å². The number of rotatable bonds is 7. The van der Waals surface area contributed by atoms with Crippen molar-refractivity contribution < 1.29 is 18.7 Å². The molecule has 2 aliphatic rings. The van der Waals surface area contributed by atoms with E-state index in [1.54, 1.807) is 22.9 Å². The van der Waals surface area contributed by atoms with Gasteiger partial charge in [-0.25, -0.2) is 18.6 Å². The summed E-state index contributed by atoms with van der Waals surface area (Å²) < 4.78 is 28.3. The molecule has 1 saturated heterocycles. The molecule has 1 amide bonds. The number of fused-ring (bicyclic) bond motifs is 1. The highest BCUT2D eigenvalue weighted by Gasteiger charge is 2.33. The first-order chi connectivity index (χ1) is 18.7. The Hall–Kier alpha value is -3.91. The van der Waals surface area contributed by atoms with Crippen molar-refractivity contribution in [2.45, 2.75) is 37.6 Å². The number of likely N-dealkylation sites (tertiary alicyclic amines) is 1. The Morgan fingerprint density at radius 1 is 1.28 bits per heavy atom. The van der Waals surface area contributed by atoms with Crippen LogP contribution in [0.3, 0.4) is 0 Å². The highest BCUT2D eigenvalue weighted by atomic mass is 32.1. The Bertz CT molecular complexity index is 1710. The molecule has 0 aromatic carbocycles. The smallest absolute Gasteiger partial charge is 0.326 e. The van der Waals surface area contributed by atoms with Gasteiger partial charge in [0.2, 0.25) is 5.88 Å². The van der Waals surface area contributed by atoms with Crippen LogP contribution < -0.4 is 21.7 Å². The molecule has 4 N–H and O–H groups in total. The number of aromatic hydroxyl groups is 1. The first-order valence-corrected chi connectivity index (χ1v) is 13.5. The molecule has 0 bridgehead atoms. The summed E-state index contributed by atoms with van der Waals surface area (Å²) in [7, 11) is 0.